The van der Waals surface area contributed by atoms with E-state index in [2.05, 4.69) is 85.0 Å². The molecule has 0 saturated heterocycles. The van der Waals surface area contributed by atoms with Gasteiger partial charge in [-0.1, -0.05) is 127 Å². The van der Waals surface area contributed by atoms with E-state index in [0.717, 1.165) is 82.8 Å². The van der Waals surface area contributed by atoms with Crippen molar-refractivity contribution in [3.63, 3.8) is 0 Å². The Morgan fingerprint density at radius 3 is 1.15 bits per heavy atom. The normalized spacial score (nSPS) is 11.5. The number of thiazole rings is 2. The Morgan fingerprint density at radius 1 is 0.485 bits per heavy atom. The summed E-state index contributed by atoms with van der Waals surface area (Å²) in [5.74, 6) is 0.627. The molecule has 0 radical (unpaired) electrons. The van der Waals surface area contributed by atoms with Crippen LogP contribution in [-0.4, -0.2) is 51.8 Å². The number of rotatable bonds is 14. The first-order chi connectivity index (χ1) is 32.1. The summed E-state index contributed by atoms with van der Waals surface area (Å²) in [7, 11) is 3.31. The second-order valence-electron chi connectivity index (χ2n) is 14.8. The number of ether oxygens (including phenoxy) is 2. The first-order valence-corrected chi connectivity index (χ1v) is 22.7. The summed E-state index contributed by atoms with van der Waals surface area (Å²) >= 11 is 3.30. The summed E-state index contributed by atoms with van der Waals surface area (Å²) in [5.41, 5.74) is 12.1. The number of aliphatic carboxylic acids is 1. The lowest BCUT2D eigenvalue weighted by molar-refractivity contribution is -0.131. The van der Waals surface area contributed by atoms with E-state index in [1.807, 2.05) is 98.8 Å². The summed E-state index contributed by atoms with van der Waals surface area (Å²) < 4.78 is 10.6. The van der Waals surface area contributed by atoms with Crippen molar-refractivity contribution in [3.05, 3.63) is 192 Å². The van der Waals surface area contributed by atoms with Gasteiger partial charge in [0.05, 0.1) is 35.4 Å². The maximum atomic E-state index is 10.8. The molecule has 0 aliphatic rings. The summed E-state index contributed by atoms with van der Waals surface area (Å²) in [6, 6.07) is 48.4. The van der Waals surface area contributed by atoms with Crippen molar-refractivity contribution in [2.45, 2.75) is 20.1 Å². The van der Waals surface area contributed by atoms with Crippen molar-refractivity contribution in [3.8, 4) is 76.0 Å². The highest BCUT2D eigenvalue weighted by molar-refractivity contribution is 7.19. The second kappa shape index (κ2) is 22.4. The summed E-state index contributed by atoms with van der Waals surface area (Å²) in [6.45, 7) is 4.07. The smallest absolute Gasteiger partial charge is 0.328 e. The van der Waals surface area contributed by atoms with Crippen LogP contribution in [0, 0.1) is 0 Å². The zero-order chi connectivity index (χ0) is 46.4. The Labute approximate surface area is 393 Å². The van der Waals surface area contributed by atoms with Crippen LogP contribution in [0.5, 0.6) is 11.5 Å². The molecule has 66 heavy (non-hydrogen) atoms. The van der Waals surface area contributed by atoms with Crippen molar-refractivity contribution in [2.24, 2.45) is 0 Å². The van der Waals surface area contributed by atoms with Crippen molar-refractivity contribution in [1.29, 1.82) is 0 Å². The zero-order valence-electron chi connectivity index (χ0n) is 36.8. The topological polar surface area (TPSA) is 122 Å². The van der Waals surface area contributed by atoms with E-state index in [1.165, 1.54) is 27.6 Å². The highest BCUT2D eigenvalue weighted by Crippen LogP contribution is 2.43. The van der Waals surface area contributed by atoms with Crippen LogP contribution in [0.1, 0.15) is 36.1 Å². The predicted octanol–water partition coefficient (Wildman–Crippen LogP) is 13.8. The molecule has 3 N–H and O–H groups in total. The number of aliphatic hydroxyl groups is 2. The fraction of sp³-hybridized carbons (Fsp3) is 0.0893. The number of hydrogen-bond donors (Lipinski definition) is 3. The molecule has 330 valence electrons. The van der Waals surface area contributed by atoms with Crippen molar-refractivity contribution < 1.29 is 29.6 Å². The standard InChI is InChI=1S/C28H23NO5S.C28H25NOS/c1-34-23-14-12-22(13-15-23)28-29-26(20-8-2-18(3-9-20)6-16-24(30)31)27(35-28)21-10-4-19(5-11-21)7-17-25(32)33;1-4-6-20-8-12-22(13-9-20)26-27(23-14-10-21(7-5-2)11-15-23)31-28(29-26)24-16-18-25(30-3)19-17-24/h2-17,24,30-31H,1H3,(H,32,33);4-19H,1-3H3/b16-6+,17-7+;6-4+,7-5+. The first kappa shape index (κ1) is 46.5. The van der Waals surface area contributed by atoms with Gasteiger partial charge in [-0.15, -0.1) is 22.7 Å². The van der Waals surface area contributed by atoms with Gasteiger partial charge < -0.3 is 24.8 Å². The number of aromatic nitrogens is 2. The van der Waals surface area contributed by atoms with E-state index >= 15 is 0 Å². The fourth-order valence-corrected chi connectivity index (χ4v) is 9.08. The number of carboxylic acid groups (broad SMARTS) is 1. The lowest BCUT2D eigenvalue weighted by Crippen LogP contribution is -1.96. The van der Waals surface area contributed by atoms with E-state index in [1.54, 1.807) is 49.0 Å². The Balaban J connectivity index is 0.000000198. The SMILES string of the molecule is C/C=C/c1ccc(-c2nc(-c3ccc(OC)cc3)sc2-c2ccc(/C=C/C)cc2)cc1.COc1ccc(-c2nc(-c3ccc(/C=C/C(O)O)cc3)c(-c3ccc(/C=C/C(=O)O)cc3)s2)cc1. The molecule has 0 spiro atoms. The third-order valence-electron chi connectivity index (χ3n) is 10.2. The van der Waals surface area contributed by atoms with Crippen LogP contribution in [-0.2, 0) is 4.79 Å². The molecule has 0 fully saturated rings. The number of methoxy groups -OCH3 is 2. The second-order valence-corrected chi connectivity index (χ2v) is 16.8. The molecule has 0 amide bonds. The van der Waals surface area contributed by atoms with Crippen LogP contribution in [0.3, 0.4) is 0 Å². The predicted molar refractivity (Wildman–Crippen MR) is 273 cm³/mol. The Hall–Kier alpha value is -7.47. The van der Waals surface area contributed by atoms with Crippen LogP contribution in [0.25, 0.3) is 88.8 Å². The van der Waals surface area contributed by atoms with Crippen molar-refractivity contribution in [1.82, 2.24) is 9.97 Å². The van der Waals surface area contributed by atoms with Gasteiger partial charge in [0, 0.05) is 28.3 Å². The van der Waals surface area contributed by atoms with Crippen LogP contribution < -0.4 is 9.47 Å². The fourth-order valence-electron chi connectivity index (χ4n) is 6.88. The minimum atomic E-state index is -1.50. The van der Waals surface area contributed by atoms with E-state index in [-0.39, 0.29) is 0 Å². The molecular formula is C56H48N2O6S2. The van der Waals surface area contributed by atoms with E-state index < -0.39 is 12.3 Å². The molecule has 0 aliphatic carbocycles. The number of nitrogens with zero attached hydrogens (tertiary/aromatic N) is 2. The van der Waals surface area contributed by atoms with Gasteiger partial charge in [-0.05, 0) is 108 Å². The third-order valence-corrected chi connectivity index (χ3v) is 12.5. The van der Waals surface area contributed by atoms with E-state index in [0.29, 0.717) is 0 Å². The minimum absolute atomic E-state index is 0.771. The van der Waals surface area contributed by atoms with Gasteiger partial charge >= 0.3 is 5.97 Å². The third kappa shape index (κ3) is 12.0. The van der Waals surface area contributed by atoms with Crippen LogP contribution in [0.2, 0.25) is 0 Å². The first-order valence-electron chi connectivity index (χ1n) is 21.1. The molecule has 8 aromatic rings. The summed E-state index contributed by atoms with van der Waals surface area (Å²) in [6.07, 6.45) is 12.4. The quantitative estimate of drug-likeness (QED) is 0.0728. The zero-order valence-corrected chi connectivity index (χ0v) is 38.5. The lowest BCUT2D eigenvalue weighted by atomic mass is 10.0. The maximum Gasteiger partial charge on any atom is 0.328 e. The molecule has 0 saturated carbocycles. The van der Waals surface area contributed by atoms with Crippen molar-refractivity contribution >= 4 is 52.9 Å². The number of hydrogen-bond acceptors (Lipinski definition) is 9. The van der Waals surface area contributed by atoms with Gasteiger partial charge in [0.2, 0.25) is 0 Å². The molecule has 6 aromatic carbocycles. The molecule has 8 nitrogen and oxygen atoms in total. The molecule has 10 heteroatoms. The average Bonchev–Trinajstić information content (AvgIpc) is 4.01. The average molecular weight is 909 g/mol. The largest absolute Gasteiger partial charge is 0.497 e. The molecule has 0 atom stereocenters. The monoisotopic (exact) mass is 908 g/mol. The van der Waals surface area contributed by atoms with Gasteiger partial charge in [-0.25, -0.2) is 14.8 Å². The summed E-state index contributed by atoms with van der Waals surface area (Å²) in [5, 5.41) is 28.8. The Kier molecular flexibility index (Phi) is 15.8. The number of carbonyl (C=O) groups is 1. The molecule has 8 rings (SSSR count). The van der Waals surface area contributed by atoms with Crippen LogP contribution >= 0.6 is 22.7 Å². The lowest BCUT2D eigenvalue weighted by Gasteiger charge is -2.05. The Morgan fingerprint density at radius 2 is 0.818 bits per heavy atom. The van der Waals surface area contributed by atoms with E-state index in [4.69, 9.17) is 34.8 Å². The van der Waals surface area contributed by atoms with Gasteiger partial charge in [0.1, 0.15) is 21.5 Å². The number of aliphatic hydroxyl groups excluding tert-OH is 1. The highest BCUT2D eigenvalue weighted by Gasteiger charge is 2.18. The number of allylic oxidation sites excluding steroid dienone is 2. The van der Waals surface area contributed by atoms with Crippen LogP contribution in [0.4, 0.5) is 0 Å². The Bertz CT molecular complexity index is 2890. The summed E-state index contributed by atoms with van der Waals surface area (Å²) in [4.78, 5) is 23.0. The van der Waals surface area contributed by atoms with Gasteiger partial charge in [0.25, 0.3) is 0 Å². The van der Waals surface area contributed by atoms with Crippen LogP contribution in [0.15, 0.2) is 170 Å². The number of carboxylic acids is 1. The van der Waals surface area contributed by atoms with Gasteiger partial charge in [0.15, 0.2) is 6.29 Å². The molecular weight excluding hydrogens is 861 g/mol. The highest BCUT2D eigenvalue weighted by atomic mass is 32.1. The van der Waals surface area contributed by atoms with Crippen molar-refractivity contribution in [2.75, 3.05) is 14.2 Å². The maximum absolute atomic E-state index is 10.8. The van der Waals surface area contributed by atoms with E-state index in [9.17, 15) is 4.79 Å². The van der Waals surface area contributed by atoms with Gasteiger partial charge in [-0.3, -0.25) is 0 Å². The molecule has 2 heterocycles. The van der Waals surface area contributed by atoms with Gasteiger partial charge in [-0.2, -0.15) is 0 Å². The molecule has 0 bridgehead atoms. The molecule has 0 aliphatic heterocycles. The molecule has 0 unspecified atom stereocenters. The molecule has 2 aromatic heterocycles. The minimum Gasteiger partial charge on any atom is -0.497 e. The number of benzene rings is 6.